The quantitative estimate of drug-likeness (QED) is 0.561. The Labute approximate surface area is 101 Å². The molecule has 0 aromatic heterocycles. The maximum absolute atomic E-state index is 11.8. The molecule has 2 aliphatic rings. The van der Waals surface area contributed by atoms with Crippen molar-refractivity contribution in [3.05, 3.63) is 0 Å². The largest absolute Gasteiger partial charge is 0.376 e. The number of ether oxygens (including phenoxy) is 2. The van der Waals surface area contributed by atoms with E-state index in [9.17, 15) is 4.79 Å². The van der Waals surface area contributed by atoms with Gasteiger partial charge in [0.05, 0.1) is 32.0 Å². The molecule has 2 fully saturated rings. The van der Waals surface area contributed by atoms with E-state index in [0.29, 0.717) is 39.0 Å². The van der Waals surface area contributed by atoms with Crippen molar-refractivity contribution in [3.63, 3.8) is 0 Å². The average molecular weight is 243 g/mol. The molecule has 17 heavy (non-hydrogen) atoms. The molecule has 0 saturated carbocycles. The standard InChI is InChI=1S/C11H21N3O3/c1-8-4-13-10(6-12-8)11(15)14-5-9-7-16-2-3-17-9/h8-10,12-13H,2-7H2,1H3,(H,14,15). The first-order chi connectivity index (χ1) is 8.25. The van der Waals surface area contributed by atoms with E-state index in [1.54, 1.807) is 0 Å². The van der Waals surface area contributed by atoms with Gasteiger partial charge in [0.25, 0.3) is 0 Å². The van der Waals surface area contributed by atoms with E-state index in [-0.39, 0.29) is 18.1 Å². The van der Waals surface area contributed by atoms with E-state index in [1.165, 1.54) is 0 Å². The second-order valence-electron chi connectivity index (χ2n) is 4.58. The van der Waals surface area contributed by atoms with Gasteiger partial charge in [-0.3, -0.25) is 4.79 Å². The molecule has 2 heterocycles. The molecule has 2 saturated heterocycles. The number of hydrogen-bond donors (Lipinski definition) is 3. The van der Waals surface area contributed by atoms with Gasteiger partial charge in [0.15, 0.2) is 0 Å². The van der Waals surface area contributed by atoms with Crippen LogP contribution in [0.15, 0.2) is 0 Å². The van der Waals surface area contributed by atoms with Gasteiger partial charge in [-0.25, -0.2) is 0 Å². The highest BCUT2D eigenvalue weighted by Crippen LogP contribution is 1.99. The highest BCUT2D eigenvalue weighted by molar-refractivity contribution is 5.82. The highest BCUT2D eigenvalue weighted by Gasteiger charge is 2.24. The molecule has 0 aromatic rings. The minimum atomic E-state index is -0.143. The summed E-state index contributed by atoms with van der Waals surface area (Å²) in [4.78, 5) is 11.8. The van der Waals surface area contributed by atoms with Crippen LogP contribution in [0.2, 0.25) is 0 Å². The topological polar surface area (TPSA) is 71.6 Å². The maximum Gasteiger partial charge on any atom is 0.238 e. The molecule has 0 bridgehead atoms. The zero-order valence-corrected chi connectivity index (χ0v) is 10.2. The monoisotopic (exact) mass is 243 g/mol. The number of carbonyl (C=O) groups is 1. The summed E-state index contributed by atoms with van der Waals surface area (Å²) in [5, 5.41) is 9.37. The molecule has 6 nitrogen and oxygen atoms in total. The Hall–Kier alpha value is -0.690. The Morgan fingerprint density at radius 3 is 2.88 bits per heavy atom. The van der Waals surface area contributed by atoms with Crippen molar-refractivity contribution in [1.29, 1.82) is 0 Å². The fourth-order valence-electron chi connectivity index (χ4n) is 1.96. The fraction of sp³-hybridized carbons (Fsp3) is 0.909. The van der Waals surface area contributed by atoms with Gasteiger partial charge in [0, 0.05) is 25.7 Å². The highest BCUT2D eigenvalue weighted by atomic mass is 16.6. The van der Waals surface area contributed by atoms with Crippen molar-refractivity contribution < 1.29 is 14.3 Å². The normalized spacial score (nSPS) is 34.3. The van der Waals surface area contributed by atoms with Crippen LogP contribution in [0.4, 0.5) is 0 Å². The van der Waals surface area contributed by atoms with Crippen LogP contribution in [-0.2, 0) is 14.3 Å². The first-order valence-electron chi connectivity index (χ1n) is 6.19. The molecule has 0 radical (unpaired) electrons. The summed E-state index contributed by atoms with van der Waals surface area (Å²) in [6.07, 6.45) is -0.0110. The number of carbonyl (C=O) groups excluding carboxylic acids is 1. The zero-order chi connectivity index (χ0) is 12.1. The summed E-state index contributed by atoms with van der Waals surface area (Å²) in [7, 11) is 0. The van der Waals surface area contributed by atoms with Gasteiger partial charge in [-0.15, -0.1) is 0 Å². The molecule has 0 aliphatic carbocycles. The van der Waals surface area contributed by atoms with Crippen LogP contribution in [0.5, 0.6) is 0 Å². The number of piperazine rings is 1. The summed E-state index contributed by atoms with van der Waals surface area (Å²) in [6.45, 7) is 5.93. The van der Waals surface area contributed by atoms with Gasteiger partial charge in [0.2, 0.25) is 5.91 Å². The van der Waals surface area contributed by atoms with Crippen molar-refractivity contribution in [2.75, 3.05) is 39.5 Å². The van der Waals surface area contributed by atoms with Crippen molar-refractivity contribution in [3.8, 4) is 0 Å². The van der Waals surface area contributed by atoms with Gasteiger partial charge >= 0.3 is 0 Å². The summed E-state index contributed by atoms with van der Waals surface area (Å²) < 4.78 is 10.7. The first kappa shape index (κ1) is 12.8. The minimum absolute atomic E-state index is 0.0110. The lowest BCUT2D eigenvalue weighted by Gasteiger charge is -2.29. The van der Waals surface area contributed by atoms with Crippen molar-refractivity contribution >= 4 is 5.91 Å². The molecular weight excluding hydrogens is 222 g/mol. The SMILES string of the molecule is CC1CNC(C(=O)NCC2COCCO2)CN1. The average Bonchev–Trinajstić information content (AvgIpc) is 2.38. The lowest BCUT2D eigenvalue weighted by atomic mass is 10.1. The van der Waals surface area contributed by atoms with Gasteiger partial charge in [-0.05, 0) is 6.92 Å². The predicted octanol–water partition coefficient (Wildman–Crippen LogP) is -1.53. The van der Waals surface area contributed by atoms with Crippen LogP contribution in [-0.4, -0.2) is 63.5 Å². The van der Waals surface area contributed by atoms with E-state index in [1.807, 2.05) is 0 Å². The number of nitrogens with one attached hydrogen (secondary N) is 3. The van der Waals surface area contributed by atoms with Crippen molar-refractivity contribution in [1.82, 2.24) is 16.0 Å². The van der Waals surface area contributed by atoms with Gasteiger partial charge < -0.3 is 25.4 Å². The zero-order valence-electron chi connectivity index (χ0n) is 10.2. The van der Waals surface area contributed by atoms with Crippen LogP contribution < -0.4 is 16.0 Å². The Balaban J connectivity index is 1.66. The molecule has 1 amide bonds. The van der Waals surface area contributed by atoms with Crippen molar-refractivity contribution in [2.45, 2.75) is 25.1 Å². The van der Waals surface area contributed by atoms with Crippen molar-refractivity contribution in [2.24, 2.45) is 0 Å². The molecule has 2 rings (SSSR count). The summed E-state index contributed by atoms with van der Waals surface area (Å²) in [6, 6.07) is 0.282. The summed E-state index contributed by atoms with van der Waals surface area (Å²) in [5.74, 6) is 0.0265. The van der Waals surface area contributed by atoms with Crippen LogP contribution in [0.25, 0.3) is 0 Å². The Morgan fingerprint density at radius 1 is 1.35 bits per heavy atom. The van der Waals surface area contributed by atoms with E-state index in [2.05, 4.69) is 22.9 Å². The Kier molecular flexibility index (Phi) is 4.73. The summed E-state index contributed by atoms with van der Waals surface area (Å²) in [5.41, 5.74) is 0. The third-order valence-electron chi connectivity index (χ3n) is 3.05. The smallest absolute Gasteiger partial charge is 0.238 e. The minimum Gasteiger partial charge on any atom is -0.376 e. The van der Waals surface area contributed by atoms with Gasteiger partial charge in [0.1, 0.15) is 0 Å². The number of amides is 1. The molecule has 3 atom stereocenters. The molecule has 6 heteroatoms. The molecule has 0 aromatic carbocycles. The van der Waals surface area contributed by atoms with Crippen LogP contribution in [0, 0.1) is 0 Å². The van der Waals surface area contributed by atoms with Gasteiger partial charge in [-0.1, -0.05) is 0 Å². The second-order valence-corrected chi connectivity index (χ2v) is 4.58. The van der Waals surface area contributed by atoms with Gasteiger partial charge in [-0.2, -0.15) is 0 Å². The molecule has 3 unspecified atom stereocenters. The molecular formula is C11H21N3O3. The lowest BCUT2D eigenvalue weighted by molar-refractivity contribution is -0.126. The van der Waals surface area contributed by atoms with E-state index >= 15 is 0 Å². The van der Waals surface area contributed by atoms with Crippen LogP contribution in [0.3, 0.4) is 0 Å². The fourth-order valence-corrected chi connectivity index (χ4v) is 1.96. The maximum atomic E-state index is 11.8. The molecule has 2 aliphatic heterocycles. The third kappa shape index (κ3) is 3.92. The Morgan fingerprint density at radius 2 is 2.24 bits per heavy atom. The van der Waals surface area contributed by atoms with Crippen LogP contribution >= 0.6 is 0 Å². The van der Waals surface area contributed by atoms with E-state index in [4.69, 9.17) is 9.47 Å². The predicted molar refractivity (Wildman–Crippen MR) is 62.8 cm³/mol. The van der Waals surface area contributed by atoms with Crippen LogP contribution in [0.1, 0.15) is 6.92 Å². The molecule has 0 spiro atoms. The Bertz CT molecular complexity index is 248. The summed E-state index contributed by atoms with van der Waals surface area (Å²) >= 11 is 0. The number of hydrogen-bond acceptors (Lipinski definition) is 5. The lowest BCUT2D eigenvalue weighted by Crippen LogP contribution is -2.59. The second kappa shape index (κ2) is 6.30. The van der Waals surface area contributed by atoms with E-state index in [0.717, 1.165) is 6.54 Å². The number of rotatable bonds is 3. The molecule has 98 valence electrons. The first-order valence-corrected chi connectivity index (χ1v) is 6.19. The molecule has 3 N–H and O–H groups in total. The van der Waals surface area contributed by atoms with E-state index < -0.39 is 0 Å². The third-order valence-corrected chi connectivity index (χ3v) is 3.05.